The Hall–Kier alpha value is -11.3. The van der Waals surface area contributed by atoms with Crippen molar-refractivity contribution in [1.29, 1.82) is 0 Å². The van der Waals surface area contributed by atoms with Gasteiger partial charge in [0.1, 0.15) is 98.3 Å². The average Bonchev–Trinajstić information content (AvgIpc) is 4.51. The van der Waals surface area contributed by atoms with Crippen molar-refractivity contribution in [2.24, 2.45) is 5.90 Å². The molecule has 6 N–H and O–H groups in total. The van der Waals surface area contributed by atoms with E-state index < -0.39 is 0 Å². The Labute approximate surface area is 565 Å². The number of phenols is 3. The fraction of sp³-hybridized carbons (Fsp3) is 0.147. The van der Waals surface area contributed by atoms with Gasteiger partial charge in [-0.25, -0.2) is 48.3 Å². The number of alkyl halides is 1. The second kappa shape index (κ2) is 40.7. The molecule has 0 spiro atoms. The Bertz CT molecular complexity index is 4020. The summed E-state index contributed by atoms with van der Waals surface area (Å²) < 4.78 is 37.1. The summed E-state index contributed by atoms with van der Waals surface area (Å²) in [4.78, 5) is 41.7. The molecule has 12 rings (SSSR count). The highest BCUT2D eigenvalue weighted by Crippen LogP contribution is 2.23. The minimum absolute atomic E-state index is 0.0869. The van der Waals surface area contributed by atoms with Gasteiger partial charge in [-0.05, 0) is 142 Å². The number of aliphatic hydroxyl groups is 1. The molecule has 0 saturated carbocycles. The largest absolute Gasteiger partial charge is 0.508 e. The molecule has 0 bridgehead atoms. The van der Waals surface area contributed by atoms with Crippen LogP contribution in [0.4, 0.5) is 0 Å². The molecule has 0 unspecified atom stereocenters. The van der Waals surface area contributed by atoms with Crippen molar-refractivity contribution in [3.8, 4) is 34.5 Å². The van der Waals surface area contributed by atoms with Crippen molar-refractivity contribution >= 4 is 40.2 Å². The number of rotatable bonds is 22. The fourth-order valence-corrected chi connectivity index (χ4v) is 8.56. The third kappa shape index (κ3) is 26.8. The molecule has 4 heterocycles. The zero-order valence-corrected chi connectivity index (χ0v) is 54.3. The van der Waals surface area contributed by atoms with Crippen molar-refractivity contribution in [3.63, 3.8) is 0 Å². The molecule has 0 radical (unpaired) electrons. The van der Waals surface area contributed by atoms with Crippen LogP contribution < -0.4 is 19.6 Å². The van der Waals surface area contributed by atoms with E-state index in [-0.39, 0.29) is 35.8 Å². The van der Waals surface area contributed by atoms with Crippen LogP contribution in [0.1, 0.15) is 65.2 Å². The van der Waals surface area contributed by atoms with Crippen LogP contribution in [0.25, 0.3) is 0 Å². The van der Waals surface area contributed by atoms with Gasteiger partial charge in [0, 0.05) is 5.33 Å². The molecule has 0 aliphatic carbocycles. The first kappa shape index (κ1) is 72.2. The maximum atomic E-state index is 11.2. The summed E-state index contributed by atoms with van der Waals surface area (Å²) in [7, 11) is 2.74. The summed E-state index contributed by atoms with van der Waals surface area (Å²) in [6.07, 6.45) is 12.8. The Balaban J connectivity index is 0.000000168. The lowest BCUT2D eigenvalue weighted by Crippen LogP contribution is -2.03. The molecule has 8 aromatic carbocycles. The normalized spacial score (nSPS) is 10.2. The number of aromatic hydroxyl groups is 3. The fourth-order valence-electron chi connectivity index (χ4n) is 7.94. The number of benzene rings is 8. The number of nitrogens with zero attached hydrogens (tertiary/aromatic N) is 12. The van der Waals surface area contributed by atoms with Gasteiger partial charge in [-0.3, -0.25) is 0 Å². The average molecular weight is 1390 g/mol. The number of ether oxygens (including phenoxy) is 4. The molecule has 0 saturated heterocycles. The first-order valence-electron chi connectivity index (χ1n) is 28.9. The van der Waals surface area contributed by atoms with Crippen molar-refractivity contribution in [3.05, 3.63) is 300 Å². The summed E-state index contributed by atoms with van der Waals surface area (Å²) in [6.45, 7) is 3.81. The van der Waals surface area contributed by atoms with E-state index in [9.17, 15) is 14.7 Å². The molecule has 0 amide bonds. The lowest BCUT2D eigenvalue weighted by atomic mass is 10.1. The van der Waals surface area contributed by atoms with Crippen LogP contribution >= 0.6 is 28.3 Å². The molecule has 0 aliphatic heterocycles. The highest BCUT2D eigenvalue weighted by molar-refractivity contribution is 9.08. The standard InChI is InChI=1S/C16H16N4O4S.C16H15N3O2.C11H11N3O2.C10H11N3O.C9H9BrO2.C6H6O2/c17-23-24-25-22-16-7-5-15(6-8-16)21-10-14-3-1-13(2-4-14)9-20-12-18-11-19-20;20-15-5-7-16(8-6-15)21-10-14-3-1-13(2-4-14)9-19-12-17-11-18-19;1-16-11(15)10-4-2-9(3-5-10)6-14-8-12-7-13-14;14-6-10-3-1-9(2-4-10)5-13-8-11-7-12-13;1-12-9(11)8-4-2-7(6-10)3-5-8;7-5-1-2-6(8)4-3-5/h1-8,11-12H,9-10,17H2;1-8,11-12,20H,9-10H2;2-5,7-8H,6H2,1H3;1-4,7-8,14H,5-6H2;2-5H,6H2,1H3;1-4,7-8H. The number of carbonyl (C=O) groups excluding carboxylic acids is 2. The number of hydrogen-bond acceptors (Lipinski definition) is 23. The van der Waals surface area contributed by atoms with Crippen LogP contribution in [0, 0.1) is 0 Å². The molecular formula is C68H68BrN13O13S. The molecule has 12 aromatic rings. The number of carbonyl (C=O) groups is 2. The smallest absolute Gasteiger partial charge is 0.337 e. The molecule has 28 heteroatoms. The number of esters is 2. The van der Waals surface area contributed by atoms with Crippen molar-refractivity contribution in [1.82, 2.24) is 59.1 Å². The van der Waals surface area contributed by atoms with E-state index in [4.69, 9.17) is 34.9 Å². The molecule has 0 aliphatic rings. The quantitative estimate of drug-likeness (QED) is 0.00800. The SMILES string of the molecule is COC(=O)c1ccc(CBr)cc1.COC(=O)c1ccc(Cn2cncn2)cc1.NOOSOc1ccc(OCc2ccc(Cn3cncn3)cc2)cc1.OCc1ccc(Cn2cncn2)cc1.Oc1ccc(O)cc1.Oc1ccc(OCc2ccc(Cn3cncn3)cc2)cc1. The van der Waals surface area contributed by atoms with E-state index >= 15 is 0 Å². The van der Waals surface area contributed by atoms with E-state index in [0.29, 0.717) is 68.6 Å². The van der Waals surface area contributed by atoms with Gasteiger partial charge >= 0.3 is 11.9 Å². The monoisotopic (exact) mass is 1390 g/mol. The first-order valence-corrected chi connectivity index (χ1v) is 30.7. The lowest BCUT2D eigenvalue weighted by molar-refractivity contribution is -0.199. The molecule has 0 atom stereocenters. The first-order chi connectivity index (χ1) is 46.9. The summed E-state index contributed by atoms with van der Waals surface area (Å²) in [5.74, 6) is 6.72. The Morgan fingerprint density at radius 1 is 0.417 bits per heavy atom. The molecule has 96 heavy (non-hydrogen) atoms. The number of aliphatic hydroxyl groups excluding tert-OH is 1. The molecule has 4 aromatic heterocycles. The third-order valence-corrected chi connectivity index (χ3v) is 14.0. The van der Waals surface area contributed by atoms with E-state index in [1.807, 2.05) is 84.9 Å². The summed E-state index contributed by atoms with van der Waals surface area (Å²) in [5.41, 5.74) is 9.87. The second-order valence-electron chi connectivity index (χ2n) is 19.9. The zero-order valence-electron chi connectivity index (χ0n) is 51.9. The minimum atomic E-state index is -0.327. The van der Waals surface area contributed by atoms with Gasteiger partial charge in [-0.15, -0.1) is 9.32 Å². The number of hydrogen-bond donors (Lipinski definition) is 5. The van der Waals surface area contributed by atoms with Gasteiger partial charge in [0.2, 0.25) is 0 Å². The van der Waals surface area contributed by atoms with Gasteiger partial charge in [0.05, 0.1) is 58.1 Å². The Morgan fingerprint density at radius 3 is 1.01 bits per heavy atom. The van der Waals surface area contributed by atoms with Crippen LogP contribution in [0.5, 0.6) is 34.5 Å². The highest BCUT2D eigenvalue weighted by atomic mass is 79.9. The van der Waals surface area contributed by atoms with Crippen molar-refractivity contribution in [2.45, 2.75) is 51.3 Å². The van der Waals surface area contributed by atoms with Gasteiger partial charge in [-0.2, -0.15) is 26.3 Å². The molecule has 496 valence electrons. The number of nitrogens with two attached hydrogens (primary N) is 1. The van der Waals surface area contributed by atoms with Crippen LogP contribution in [0.2, 0.25) is 0 Å². The molecule has 0 fully saturated rings. The van der Waals surface area contributed by atoms with E-state index in [2.05, 4.69) is 87.2 Å². The predicted octanol–water partition coefficient (Wildman–Crippen LogP) is 10.7. The van der Waals surface area contributed by atoms with E-state index in [1.54, 1.807) is 117 Å². The van der Waals surface area contributed by atoms with Gasteiger partial charge in [-0.1, -0.05) is 113 Å². The highest BCUT2D eigenvalue weighted by Gasteiger charge is 2.07. The number of methoxy groups -OCH3 is 2. The number of aromatic nitrogens is 12. The minimum Gasteiger partial charge on any atom is -0.508 e. The van der Waals surface area contributed by atoms with Crippen LogP contribution in [0.15, 0.2) is 245 Å². The van der Waals surface area contributed by atoms with Crippen LogP contribution in [-0.2, 0) is 70.1 Å². The molecule has 26 nitrogen and oxygen atoms in total. The van der Waals surface area contributed by atoms with Crippen LogP contribution in [-0.4, -0.2) is 106 Å². The Kier molecular flexibility index (Phi) is 30.6. The predicted molar refractivity (Wildman–Crippen MR) is 357 cm³/mol. The second-order valence-corrected chi connectivity index (χ2v) is 20.9. The topological polar surface area (TPSA) is 329 Å². The van der Waals surface area contributed by atoms with Gasteiger partial charge < -0.3 is 43.6 Å². The van der Waals surface area contributed by atoms with E-state index in [0.717, 1.165) is 61.3 Å². The van der Waals surface area contributed by atoms with Crippen molar-refractivity contribution in [2.75, 3.05) is 14.2 Å². The number of halogens is 1. The summed E-state index contributed by atoms with van der Waals surface area (Å²) in [6, 6.07) is 58.1. The lowest BCUT2D eigenvalue weighted by Gasteiger charge is -2.08. The maximum absolute atomic E-state index is 11.2. The van der Waals surface area contributed by atoms with Gasteiger partial charge in [0.25, 0.3) is 12.3 Å². The number of phenolic OH excluding ortho intramolecular Hbond substituents is 3. The maximum Gasteiger partial charge on any atom is 0.337 e. The van der Waals surface area contributed by atoms with Crippen LogP contribution in [0.3, 0.4) is 0 Å². The zero-order chi connectivity index (χ0) is 68.0. The van der Waals surface area contributed by atoms with Crippen molar-refractivity contribution < 1.29 is 62.5 Å². The summed E-state index contributed by atoms with van der Waals surface area (Å²) >= 11 is 3.95. The van der Waals surface area contributed by atoms with E-state index in [1.165, 1.54) is 63.8 Å². The van der Waals surface area contributed by atoms with Gasteiger partial charge in [0.15, 0.2) is 0 Å². The summed E-state index contributed by atoms with van der Waals surface area (Å²) in [5, 5.41) is 52.3. The third-order valence-electron chi connectivity index (χ3n) is 12.9. The molecular weight excluding hydrogens is 1320 g/mol. The Morgan fingerprint density at radius 2 is 0.708 bits per heavy atom.